The van der Waals surface area contributed by atoms with E-state index in [0.29, 0.717) is 16.0 Å². The van der Waals surface area contributed by atoms with E-state index in [1.54, 1.807) is 5.38 Å². The molecule has 2 aromatic heterocycles. The molecule has 1 aliphatic carbocycles. The first-order valence-electron chi connectivity index (χ1n) is 9.74. The van der Waals surface area contributed by atoms with Gasteiger partial charge in [0.05, 0.1) is 22.3 Å². The van der Waals surface area contributed by atoms with Gasteiger partial charge in [-0.05, 0) is 37.5 Å². The van der Waals surface area contributed by atoms with Crippen LogP contribution in [-0.4, -0.2) is 27.9 Å². The van der Waals surface area contributed by atoms with Gasteiger partial charge >= 0.3 is 6.03 Å². The number of benzene rings is 1. The summed E-state index contributed by atoms with van der Waals surface area (Å²) in [6, 6.07) is 6.02. The molecule has 0 spiro atoms. The molecule has 3 N–H and O–H groups in total. The quantitative estimate of drug-likeness (QED) is 0.548. The van der Waals surface area contributed by atoms with Crippen LogP contribution in [0, 0.1) is 6.92 Å². The van der Waals surface area contributed by atoms with Crippen molar-refractivity contribution in [3.63, 3.8) is 0 Å². The predicted octanol–water partition coefficient (Wildman–Crippen LogP) is 4.70. The molecule has 0 saturated heterocycles. The zero-order chi connectivity index (χ0) is 20.2. The number of urea groups is 1. The number of hydrogen-bond acceptors (Lipinski definition) is 6. The van der Waals surface area contributed by atoms with E-state index < -0.39 is 0 Å². The molecule has 1 aromatic carbocycles. The molecule has 1 aliphatic rings. The fraction of sp³-hybridized carbons (Fsp3) is 0.400. The van der Waals surface area contributed by atoms with Crippen LogP contribution in [0.25, 0.3) is 10.2 Å². The Morgan fingerprint density at radius 3 is 2.76 bits per heavy atom. The zero-order valence-corrected chi connectivity index (χ0v) is 17.8. The van der Waals surface area contributed by atoms with Crippen molar-refractivity contribution in [1.82, 2.24) is 15.3 Å². The van der Waals surface area contributed by atoms with Crippen molar-refractivity contribution in [3.8, 4) is 0 Å². The number of nitrogens with one attached hydrogen (secondary N) is 3. The molecule has 152 valence electrons. The van der Waals surface area contributed by atoms with Gasteiger partial charge < -0.3 is 10.6 Å². The molecule has 0 aliphatic heterocycles. The lowest BCUT2D eigenvalue weighted by molar-refractivity contribution is -0.115. The lowest BCUT2D eigenvalue weighted by Crippen LogP contribution is -2.39. The molecular formula is C20H23N5O2S2. The fourth-order valence-electron chi connectivity index (χ4n) is 3.42. The molecule has 1 saturated carbocycles. The number of carbonyl (C=O) groups is 2. The molecule has 0 unspecified atom stereocenters. The fourth-order valence-corrected chi connectivity index (χ4v) is 5.11. The maximum Gasteiger partial charge on any atom is 0.321 e. The Morgan fingerprint density at radius 1 is 1.10 bits per heavy atom. The standard InChI is InChI=1S/C20H23N5O2S2/c1-12-7-8-15-16(9-12)29-20(23-15)24-17(26)10-14-11-28-19(22-14)25-18(27)21-13-5-3-2-4-6-13/h7-9,11,13H,2-6,10H2,1H3,(H,23,24,26)(H2,21,22,25,27). The highest BCUT2D eigenvalue weighted by molar-refractivity contribution is 7.22. The van der Waals surface area contributed by atoms with Crippen LogP contribution >= 0.6 is 22.7 Å². The molecule has 3 amide bonds. The Labute approximate surface area is 177 Å². The highest BCUT2D eigenvalue weighted by atomic mass is 32.1. The van der Waals surface area contributed by atoms with E-state index in [2.05, 4.69) is 32.0 Å². The van der Waals surface area contributed by atoms with Crippen molar-refractivity contribution in [2.75, 3.05) is 10.6 Å². The monoisotopic (exact) mass is 429 g/mol. The number of carbonyl (C=O) groups excluding carboxylic acids is 2. The SMILES string of the molecule is Cc1ccc2nc(NC(=O)Cc3csc(NC(=O)NC4CCCCC4)n3)sc2c1. The van der Waals surface area contributed by atoms with Gasteiger partial charge in [0, 0.05) is 11.4 Å². The maximum atomic E-state index is 12.3. The third kappa shape index (κ3) is 5.30. The van der Waals surface area contributed by atoms with Gasteiger partial charge in [-0.25, -0.2) is 14.8 Å². The van der Waals surface area contributed by atoms with Crippen LogP contribution in [0.3, 0.4) is 0 Å². The normalized spacial score (nSPS) is 14.7. The second kappa shape index (κ2) is 8.87. The molecule has 0 radical (unpaired) electrons. The summed E-state index contributed by atoms with van der Waals surface area (Å²) in [6.45, 7) is 2.03. The van der Waals surface area contributed by atoms with Crippen LogP contribution in [0.15, 0.2) is 23.6 Å². The third-order valence-electron chi connectivity index (χ3n) is 4.84. The number of nitrogens with zero attached hydrogens (tertiary/aromatic N) is 2. The van der Waals surface area contributed by atoms with Gasteiger partial charge in [0.25, 0.3) is 0 Å². The number of thiazole rings is 2. The van der Waals surface area contributed by atoms with E-state index in [4.69, 9.17) is 0 Å². The van der Waals surface area contributed by atoms with Gasteiger partial charge in [-0.15, -0.1) is 11.3 Å². The molecule has 1 fully saturated rings. The summed E-state index contributed by atoms with van der Waals surface area (Å²) in [4.78, 5) is 33.2. The minimum absolute atomic E-state index is 0.136. The zero-order valence-electron chi connectivity index (χ0n) is 16.2. The first-order chi connectivity index (χ1) is 14.0. The summed E-state index contributed by atoms with van der Waals surface area (Å²) in [7, 11) is 0. The first-order valence-corrected chi connectivity index (χ1v) is 11.4. The minimum Gasteiger partial charge on any atom is -0.335 e. The van der Waals surface area contributed by atoms with Gasteiger partial charge in [-0.2, -0.15) is 0 Å². The molecule has 3 aromatic rings. The molecular weight excluding hydrogens is 406 g/mol. The largest absolute Gasteiger partial charge is 0.335 e. The number of aryl methyl sites for hydroxylation is 1. The maximum absolute atomic E-state index is 12.3. The van der Waals surface area contributed by atoms with Crippen molar-refractivity contribution in [1.29, 1.82) is 0 Å². The van der Waals surface area contributed by atoms with E-state index in [-0.39, 0.29) is 24.4 Å². The summed E-state index contributed by atoms with van der Waals surface area (Å²) in [5.74, 6) is -0.177. The lowest BCUT2D eigenvalue weighted by Gasteiger charge is -2.22. The van der Waals surface area contributed by atoms with Crippen LogP contribution in [0.5, 0.6) is 0 Å². The number of hydrogen-bond donors (Lipinski definition) is 3. The van der Waals surface area contributed by atoms with Gasteiger partial charge in [0.2, 0.25) is 5.91 Å². The third-order valence-corrected chi connectivity index (χ3v) is 6.58. The van der Waals surface area contributed by atoms with Crippen molar-refractivity contribution in [2.45, 2.75) is 51.5 Å². The van der Waals surface area contributed by atoms with Crippen molar-refractivity contribution in [3.05, 3.63) is 34.8 Å². The highest BCUT2D eigenvalue weighted by Crippen LogP contribution is 2.27. The van der Waals surface area contributed by atoms with E-state index in [1.165, 1.54) is 29.1 Å². The Bertz CT molecular complexity index is 1020. The number of aromatic nitrogens is 2. The molecule has 4 rings (SSSR count). The number of anilines is 2. The van der Waals surface area contributed by atoms with Crippen LogP contribution in [-0.2, 0) is 11.2 Å². The molecule has 2 heterocycles. The van der Waals surface area contributed by atoms with Crippen molar-refractivity contribution >= 4 is 55.1 Å². The second-order valence-electron chi connectivity index (χ2n) is 7.29. The van der Waals surface area contributed by atoms with Gasteiger partial charge in [0.15, 0.2) is 10.3 Å². The van der Waals surface area contributed by atoms with Gasteiger partial charge in [-0.3, -0.25) is 10.1 Å². The van der Waals surface area contributed by atoms with Crippen molar-refractivity contribution in [2.24, 2.45) is 0 Å². The lowest BCUT2D eigenvalue weighted by atomic mass is 9.96. The van der Waals surface area contributed by atoms with Crippen LogP contribution in [0.1, 0.15) is 43.4 Å². The highest BCUT2D eigenvalue weighted by Gasteiger charge is 2.17. The Morgan fingerprint density at radius 2 is 1.93 bits per heavy atom. The van der Waals surface area contributed by atoms with E-state index in [0.717, 1.165) is 41.5 Å². The summed E-state index contributed by atoms with van der Waals surface area (Å²) in [5, 5.41) is 11.5. The average molecular weight is 430 g/mol. The predicted molar refractivity (Wildman–Crippen MR) is 118 cm³/mol. The second-order valence-corrected chi connectivity index (χ2v) is 9.18. The first kappa shape index (κ1) is 19.8. The van der Waals surface area contributed by atoms with Crippen LogP contribution in [0.2, 0.25) is 0 Å². The molecule has 0 atom stereocenters. The van der Waals surface area contributed by atoms with Gasteiger partial charge in [0.1, 0.15) is 0 Å². The summed E-state index contributed by atoms with van der Waals surface area (Å²) >= 11 is 2.77. The van der Waals surface area contributed by atoms with Crippen molar-refractivity contribution < 1.29 is 9.59 Å². The molecule has 0 bridgehead atoms. The topological polar surface area (TPSA) is 96.0 Å². The smallest absolute Gasteiger partial charge is 0.321 e. The number of rotatable bonds is 5. The molecule has 7 nitrogen and oxygen atoms in total. The van der Waals surface area contributed by atoms with E-state index >= 15 is 0 Å². The Balaban J connectivity index is 1.29. The average Bonchev–Trinajstić information content (AvgIpc) is 3.28. The number of amides is 3. The molecule has 29 heavy (non-hydrogen) atoms. The van der Waals surface area contributed by atoms with E-state index in [1.807, 2.05) is 19.1 Å². The Hall–Kier alpha value is -2.52. The van der Waals surface area contributed by atoms with Crippen LogP contribution < -0.4 is 16.0 Å². The minimum atomic E-state index is -0.230. The number of fused-ring (bicyclic) bond motifs is 1. The Kier molecular flexibility index (Phi) is 6.05. The van der Waals surface area contributed by atoms with Crippen LogP contribution in [0.4, 0.5) is 15.1 Å². The summed E-state index contributed by atoms with van der Waals surface area (Å²) in [5.41, 5.74) is 2.66. The summed E-state index contributed by atoms with van der Waals surface area (Å²) < 4.78 is 1.05. The summed E-state index contributed by atoms with van der Waals surface area (Å²) in [6.07, 6.45) is 5.77. The van der Waals surface area contributed by atoms with E-state index in [9.17, 15) is 9.59 Å². The van der Waals surface area contributed by atoms with Gasteiger partial charge in [-0.1, -0.05) is 36.7 Å². The molecule has 9 heteroatoms.